The first-order valence-corrected chi connectivity index (χ1v) is 4.42. The number of rotatable bonds is 3. The van der Waals surface area contributed by atoms with Crippen molar-refractivity contribution in [2.75, 3.05) is 0 Å². The fraction of sp³-hybridized carbons (Fsp3) is 0.857. The lowest BCUT2D eigenvalue weighted by atomic mass is 10.1. The van der Waals surface area contributed by atoms with E-state index >= 15 is 0 Å². The summed E-state index contributed by atoms with van der Waals surface area (Å²) in [5.74, 6) is -1.15. The summed E-state index contributed by atoms with van der Waals surface area (Å²) in [5, 5.41) is 2.18. The number of halogens is 3. The Bertz CT molecular complexity index is 167. The fourth-order valence-electron chi connectivity index (χ4n) is 0.455. The van der Waals surface area contributed by atoms with Gasteiger partial charge in [0.15, 0.2) is 0 Å². The average molecular weight is 244 g/mol. The molecule has 0 bridgehead atoms. The van der Waals surface area contributed by atoms with Crippen LogP contribution >= 0.6 is 15.9 Å². The van der Waals surface area contributed by atoms with Crippen LogP contribution in [0.15, 0.2) is 0 Å². The zero-order valence-electron chi connectivity index (χ0n) is 7.20. The number of hydrogen-bond acceptors (Lipinski definition) is 1. The Kier molecular flexibility index (Phi) is 4.10. The van der Waals surface area contributed by atoms with Gasteiger partial charge < -0.3 is 5.32 Å². The number of nitrogens with one attached hydrogen (secondary N) is 1. The normalized spacial score (nSPS) is 14.6. The first-order valence-electron chi connectivity index (χ1n) is 3.63. The molecule has 2 nitrogen and oxygen atoms in total. The van der Waals surface area contributed by atoms with Gasteiger partial charge in [0.1, 0.15) is 0 Å². The third kappa shape index (κ3) is 3.99. The molecule has 0 aliphatic rings. The van der Waals surface area contributed by atoms with E-state index in [1.807, 2.05) is 29.8 Å². The summed E-state index contributed by atoms with van der Waals surface area (Å²) in [4.78, 5) is 7.21. The van der Waals surface area contributed by atoms with Crippen LogP contribution in [0.5, 0.6) is 0 Å². The zero-order valence-corrected chi connectivity index (χ0v) is 8.78. The van der Waals surface area contributed by atoms with Gasteiger partial charge in [-0.3, -0.25) is 4.79 Å². The van der Waals surface area contributed by atoms with Gasteiger partial charge in [0.2, 0.25) is 0 Å². The molecule has 12 heavy (non-hydrogen) atoms. The molecule has 1 unspecified atom stereocenters. The Balaban J connectivity index is 4.02. The Morgan fingerprint density at radius 3 is 2.08 bits per heavy atom. The molecule has 1 amide bonds. The largest absolute Gasteiger partial charge is 0.377 e. The number of alkyl halides is 3. The van der Waals surface area contributed by atoms with E-state index < -0.39 is 10.7 Å². The van der Waals surface area contributed by atoms with E-state index in [2.05, 4.69) is 5.32 Å². The van der Waals surface area contributed by atoms with Crippen molar-refractivity contribution in [3.05, 3.63) is 0 Å². The molecule has 0 rings (SSSR count). The summed E-state index contributed by atoms with van der Waals surface area (Å²) < 4.78 is 24.5. The van der Waals surface area contributed by atoms with E-state index in [1.54, 1.807) is 6.92 Å². The molecular weight excluding hydrogens is 232 g/mol. The standard InChI is InChI=1S/C7H12BrF2NO/c1-4(2)5(3)11-6(12)7(8,9)10/h4-5H,1-3H3,(H,11,12). The quantitative estimate of drug-likeness (QED) is 0.757. The monoisotopic (exact) mass is 243 g/mol. The van der Waals surface area contributed by atoms with Crippen molar-refractivity contribution >= 4 is 21.8 Å². The van der Waals surface area contributed by atoms with Crippen LogP contribution in [0.3, 0.4) is 0 Å². The van der Waals surface area contributed by atoms with E-state index in [1.165, 1.54) is 0 Å². The number of hydrogen-bond donors (Lipinski definition) is 1. The number of amides is 1. The van der Waals surface area contributed by atoms with Crippen LogP contribution in [-0.4, -0.2) is 16.8 Å². The average Bonchev–Trinajstić information content (AvgIpc) is 1.85. The van der Waals surface area contributed by atoms with Gasteiger partial charge in [-0.1, -0.05) is 13.8 Å². The topological polar surface area (TPSA) is 29.1 Å². The second-order valence-corrected chi connectivity index (χ2v) is 4.00. The van der Waals surface area contributed by atoms with Gasteiger partial charge in [-0.15, -0.1) is 0 Å². The predicted molar refractivity (Wildman–Crippen MR) is 46.3 cm³/mol. The molecule has 0 spiro atoms. The molecule has 0 heterocycles. The lowest BCUT2D eigenvalue weighted by Gasteiger charge is -2.18. The minimum atomic E-state index is -3.46. The Hall–Kier alpha value is -0.190. The Morgan fingerprint density at radius 2 is 1.83 bits per heavy atom. The second-order valence-electron chi connectivity index (χ2n) is 3.00. The van der Waals surface area contributed by atoms with E-state index in [0.29, 0.717) is 0 Å². The SMILES string of the molecule is CC(C)C(C)NC(=O)C(F)(F)Br. The van der Waals surface area contributed by atoms with Crippen LogP contribution in [0.25, 0.3) is 0 Å². The summed E-state index contributed by atoms with van der Waals surface area (Å²) >= 11 is 1.98. The molecule has 0 aromatic heterocycles. The van der Waals surface area contributed by atoms with Crippen molar-refractivity contribution in [3.63, 3.8) is 0 Å². The molecule has 72 valence electrons. The van der Waals surface area contributed by atoms with E-state index in [-0.39, 0.29) is 12.0 Å². The molecule has 0 saturated heterocycles. The number of carbonyl (C=O) groups is 1. The van der Waals surface area contributed by atoms with Crippen molar-refractivity contribution in [2.24, 2.45) is 5.92 Å². The maximum absolute atomic E-state index is 12.2. The summed E-state index contributed by atoms with van der Waals surface area (Å²) in [5.41, 5.74) is 0. The van der Waals surface area contributed by atoms with Crippen LogP contribution in [-0.2, 0) is 4.79 Å². The summed E-state index contributed by atoms with van der Waals surface area (Å²) in [6.07, 6.45) is 0. The zero-order chi connectivity index (χ0) is 9.94. The van der Waals surface area contributed by atoms with Gasteiger partial charge in [0.25, 0.3) is 0 Å². The molecule has 1 N–H and O–H groups in total. The maximum atomic E-state index is 12.2. The molecule has 0 aliphatic carbocycles. The highest BCUT2D eigenvalue weighted by Gasteiger charge is 2.35. The summed E-state index contributed by atoms with van der Waals surface area (Å²) in [6, 6.07) is -0.249. The minimum absolute atomic E-state index is 0.142. The van der Waals surface area contributed by atoms with Crippen LogP contribution in [0.2, 0.25) is 0 Å². The second kappa shape index (κ2) is 4.16. The minimum Gasteiger partial charge on any atom is -0.347 e. The highest BCUT2D eigenvalue weighted by Crippen LogP contribution is 2.21. The molecule has 5 heteroatoms. The van der Waals surface area contributed by atoms with Gasteiger partial charge in [0.05, 0.1) is 0 Å². The molecule has 0 radical (unpaired) electrons. The predicted octanol–water partition coefficient (Wildman–Crippen LogP) is 2.13. The number of carbonyl (C=O) groups excluding carboxylic acids is 1. The first kappa shape index (κ1) is 11.8. The van der Waals surface area contributed by atoms with Gasteiger partial charge in [-0.2, -0.15) is 8.78 Å². The van der Waals surface area contributed by atoms with Gasteiger partial charge in [0, 0.05) is 22.0 Å². The van der Waals surface area contributed by atoms with Crippen LogP contribution in [0, 0.1) is 5.92 Å². The first-order chi connectivity index (χ1) is 5.25. The smallest absolute Gasteiger partial charge is 0.347 e. The molecular formula is C7H12BrF2NO. The third-order valence-corrected chi connectivity index (χ3v) is 1.98. The molecule has 1 atom stereocenters. The molecule has 0 aromatic rings. The molecule has 0 fully saturated rings. The van der Waals surface area contributed by atoms with Gasteiger partial charge >= 0.3 is 10.7 Å². The highest BCUT2D eigenvalue weighted by molar-refractivity contribution is 9.10. The molecule has 0 saturated carbocycles. The van der Waals surface area contributed by atoms with Crippen LogP contribution in [0.1, 0.15) is 20.8 Å². The van der Waals surface area contributed by atoms with Crippen molar-refractivity contribution in [1.29, 1.82) is 0 Å². The Labute approximate surface area is 78.8 Å². The maximum Gasteiger partial charge on any atom is 0.377 e. The van der Waals surface area contributed by atoms with Crippen LogP contribution < -0.4 is 5.32 Å². The van der Waals surface area contributed by atoms with Crippen molar-refractivity contribution in [2.45, 2.75) is 31.6 Å². The third-order valence-electron chi connectivity index (χ3n) is 1.62. The lowest BCUT2D eigenvalue weighted by molar-refractivity contribution is -0.135. The van der Waals surface area contributed by atoms with Gasteiger partial charge in [-0.05, 0) is 12.8 Å². The van der Waals surface area contributed by atoms with E-state index in [0.717, 1.165) is 0 Å². The Morgan fingerprint density at radius 1 is 1.42 bits per heavy atom. The molecule has 0 aromatic carbocycles. The van der Waals surface area contributed by atoms with Gasteiger partial charge in [-0.25, -0.2) is 0 Å². The molecule has 0 aliphatic heterocycles. The van der Waals surface area contributed by atoms with Crippen molar-refractivity contribution in [3.8, 4) is 0 Å². The summed E-state index contributed by atoms with van der Waals surface area (Å²) in [7, 11) is 0. The van der Waals surface area contributed by atoms with Crippen molar-refractivity contribution < 1.29 is 13.6 Å². The van der Waals surface area contributed by atoms with E-state index in [9.17, 15) is 13.6 Å². The van der Waals surface area contributed by atoms with E-state index in [4.69, 9.17) is 0 Å². The summed E-state index contributed by atoms with van der Waals surface area (Å²) in [6.45, 7) is 5.37. The highest BCUT2D eigenvalue weighted by atomic mass is 79.9. The van der Waals surface area contributed by atoms with Crippen molar-refractivity contribution in [1.82, 2.24) is 5.32 Å². The fourth-order valence-corrected chi connectivity index (χ4v) is 0.570. The van der Waals surface area contributed by atoms with Crippen LogP contribution in [0.4, 0.5) is 8.78 Å². The lowest BCUT2D eigenvalue weighted by Crippen LogP contribution is -2.43.